The van der Waals surface area contributed by atoms with Crippen molar-refractivity contribution in [3.63, 3.8) is 0 Å². The molecule has 0 atom stereocenters. The molecule has 0 aromatic heterocycles. The second kappa shape index (κ2) is 5.71. The van der Waals surface area contributed by atoms with E-state index in [9.17, 15) is 17.6 Å². The first-order chi connectivity index (χ1) is 9.36. The average molecular weight is 304 g/mol. The first kappa shape index (κ1) is 14.7. The maximum Gasteiger partial charge on any atom is 0.416 e. The van der Waals surface area contributed by atoms with Gasteiger partial charge < -0.3 is 5.32 Å². The summed E-state index contributed by atoms with van der Waals surface area (Å²) in [5.41, 5.74) is -0.183. The molecule has 6 heteroatoms. The maximum absolute atomic E-state index is 13.4. The van der Waals surface area contributed by atoms with Gasteiger partial charge in [0.1, 0.15) is 5.82 Å². The van der Waals surface area contributed by atoms with E-state index >= 15 is 0 Å². The SMILES string of the molecule is Fc1ccc(Cl)cc1NCc1cccc(C(F)(F)F)c1. The minimum atomic E-state index is -4.39. The molecule has 0 aliphatic rings. The molecule has 0 bridgehead atoms. The molecule has 2 aromatic carbocycles. The van der Waals surface area contributed by atoms with Gasteiger partial charge in [-0.2, -0.15) is 13.2 Å². The highest BCUT2D eigenvalue weighted by atomic mass is 35.5. The number of rotatable bonds is 3. The van der Waals surface area contributed by atoms with Crippen LogP contribution in [0.1, 0.15) is 11.1 Å². The largest absolute Gasteiger partial charge is 0.416 e. The van der Waals surface area contributed by atoms with Crippen molar-refractivity contribution in [2.45, 2.75) is 12.7 Å². The highest BCUT2D eigenvalue weighted by Gasteiger charge is 2.30. The van der Waals surface area contributed by atoms with Gasteiger partial charge in [0.15, 0.2) is 0 Å². The summed E-state index contributed by atoms with van der Waals surface area (Å²) in [4.78, 5) is 0. The number of hydrogen-bond acceptors (Lipinski definition) is 1. The van der Waals surface area contributed by atoms with Crippen molar-refractivity contribution in [2.75, 3.05) is 5.32 Å². The van der Waals surface area contributed by atoms with Gasteiger partial charge >= 0.3 is 6.18 Å². The van der Waals surface area contributed by atoms with Crippen LogP contribution in [0.5, 0.6) is 0 Å². The third-order valence-corrected chi connectivity index (χ3v) is 2.90. The maximum atomic E-state index is 13.4. The van der Waals surface area contributed by atoms with Gasteiger partial charge in [-0.05, 0) is 35.9 Å². The van der Waals surface area contributed by atoms with Gasteiger partial charge in [0.25, 0.3) is 0 Å². The molecule has 106 valence electrons. The third kappa shape index (κ3) is 3.63. The van der Waals surface area contributed by atoms with Crippen molar-refractivity contribution in [3.05, 3.63) is 64.4 Å². The molecule has 0 fully saturated rings. The lowest BCUT2D eigenvalue weighted by molar-refractivity contribution is -0.137. The van der Waals surface area contributed by atoms with Crippen LogP contribution in [0.15, 0.2) is 42.5 Å². The van der Waals surface area contributed by atoms with Gasteiger partial charge in [0.2, 0.25) is 0 Å². The summed E-state index contributed by atoms with van der Waals surface area (Å²) in [6.07, 6.45) is -4.39. The zero-order chi connectivity index (χ0) is 14.8. The number of halogens is 5. The van der Waals surface area contributed by atoms with E-state index in [4.69, 9.17) is 11.6 Å². The van der Waals surface area contributed by atoms with E-state index in [2.05, 4.69) is 5.32 Å². The molecule has 20 heavy (non-hydrogen) atoms. The summed E-state index contributed by atoms with van der Waals surface area (Å²) in [5, 5.41) is 3.07. The van der Waals surface area contributed by atoms with E-state index in [1.54, 1.807) is 0 Å². The van der Waals surface area contributed by atoms with E-state index in [1.807, 2.05) is 0 Å². The molecule has 1 nitrogen and oxygen atoms in total. The quantitative estimate of drug-likeness (QED) is 0.777. The molecule has 0 amide bonds. The number of nitrogens with one attached hydrogen (secondary N) is 1. The Morgan fingerprint density at radius 2 is 1.80 bits per heavy atom. The van der Waals surface area contributed by atoms with E-state index in [0.29, 0.717) is 10.6 Å². The summed E-state index contributed by atoms with van der Waals surface area (Å²) in [6, 6.07) is 8.82. The second-order valence-corrected chi connectivity index (χ2v) is 4.61. The van der Waals surface area contributed by atoms with Crippen LogP contribution in [0.2, 0.25) is 5.02 Å². The van der Waals surface area contributed by atoms with E-state index in [0.717, 1.165) is 12.1 Å². The summed E-state index contributed by atoms with van der Waals surface area (Å²) in [7, 11) is 0. The zero-order valence-corrected chi connectivity index (χ0v) is 10.9. The Kier molecular flexibility index (Phi) is 4.18. The molecule has 0 aliphatic carbocycles. The predicted molar refractivity (Wildman–Crippen MR) is 70.2 cm³/mol. The Morgan fingerprint density at radius 1 is 1.05 bits per heavy atom. The molecule has 0 saturated carbocycles. The monoisotopic (exact) mass is 303 g/mol. The number of benzene rings is 2. The Labute approximate surface area is 118 Å². The lowest BCUT2D eigenvalue weighted by atomic mass is 10.1. The predicted octanol–water partition coefficient (Wildman–Crippen LogP) is 5.11. The fourth-order valence-corrected chi connectivity index (χ4v) is 1.86. The topological polar surface area (TPSA) is 12.0 Å². The molecule has 0 unspecified atom stereocenters. The molecule has 0 radical (unpaired) electrons. The van der Waals surface area contributed by atoms with Gasteiger partial charge in [-0.3, -0.25) is 0 Å². The summed E-state index contributed by atoms with van der Waals surface area (Å²) < 4.78 is 51.1. The molecule has 2 rings (SSSR count). The normalized spacial score (nSPS) is 11.4. The van der Waals surface area contributed by atoms with Crippen LogP contribution < -0.4 is 5.32 Å². The van der Waals surface area contributed by atoms with Crippen LogP contribution in [0, 0.1) is 5.82 Å². The van der Waals surface area contributed by atoms with Crippen molar-refractivity contribution in [3.8, 4) is 0 Å². The Bertz CT molecular complexity index is 610. The highest BCUT2D eigenvalue weighted by molar-refractivity contribution is 6.30. The van der Waals surface area contributed by atoms with E-state index < -0.39 is 17.6 Å². The highest BCUT2D eigenvalue weighted by Crippen LogP contribution is 2.29. The van der Waals surface area contributed by atoms with Crippen molar-refractivity contribution >= 4 is 17.3 Å². The number of anilines is 1. The van der Waals surface area contributed by atoms with Crippen molar-refractivity contribution in [1.82, 2.24) is 0 Å². The van der Waals surface area contributed by atoms with Crippen LogP contribution in [0.4, 0.5) is 23.2 Å². The fourth-order valence-electron chi connectivity index (χ4n) is 1.69. The van der Waals surface area contributed by atoms with Crippen LogP contribution in [0.25, 0.3) is 0 Å². The van der Waals surface area contributed by atoms with Gasteiger partial charge in [-0.15, -0.1) is 0 Å². The first-order valence-corrected chi connectivity index (χ1v) is 6.09. The van der Waals surface area contributed by atoms with Crippen LogP contribution >= 0.6 is 11.6 Å². The summed E-state index contributed by atoms with van der Waals surface area (Å²) in [5.74, 6) is -0.513. The first-order valence-electron chi connectivity index (χ1n) is 5.71. The molecule has 2 aromatic rings. The van der Waals surface area contributed by atoms with Gasteiger partial charge in [-0.25, -0.2) is 4.39 Å². The van der Waals surface area contributed by atoms with Gasteiger partial charge in [-0.1, -0.05) is 23.7 Å². The van der Waals surface area contributed by atoms with Crippen LogP contribution in [-0.2, 0) is 12.7 Å². The standard InChI is InChI=1S/C14H10ClF4N/c15-11-4-5-12(16)13(7-11)20-8-9-2-1-3-10(6-9)14(17,18)19/h1-7,20H,8H2. The van der Waals surface area contributed by atoms with E-state index in [1.165, 1.54) is 30.3 Å². The molecular formula is C14H10ClF4N. The van der Waals surface area contributed by atoms with E-state index in [-0.39, 0.29) is 12.2 Å². The minimum absolute atomic E-state index is 0.0706. The van der Waals surface area contributed by atoms with Crippen LogP contribution in [-0.4, -0.2) is 0 Å². The molecule has 0 spiro atoms. The summed E-state index contributed by atoms with van der Waals surface area (Å²) in [6.45, 7) is 0.0706. The smallest absolute Gasteiger partial charge is 0.379 e. The summed E-state index contributed by atoms with van der Waals surface area (Å²) >= 11 is 5.73. The van der Waals surface area contributed by atoms with Crippen LogP contribution in [0.3, 0.4) is 0 Å². The molecule has 0 saturated heterocycles. The third-order valence-electron chi connectivity index (χ3n) is 2.67. The second-order valence-electron chi connectivity index (χ2n) is 4.18. The van der Waals surface area contributed by atoms with Gasteiger partial charge in [0, 0.05) is 11.6 Å². The van der Waals surface area contributed by atoms with Crippen molar-refractivity contribution in [2.24, 2.45) is 0 Å². The molecule has 0 aliphatic heterocycles. The molecule has 1 N–H and O–H groups in total. The van der Waals surface area contributed by atoms with Crippen molar-refractivity contribution in [1.29, 1.82) is 0 Å². The Balaban J connectivity index is 2.13. The zero-order valence-electron chi connectivity index (χ0n) is 10.1. The number of alkyl halides is 3. The fraction of sp³-hybridized carbons (Fsp3) is 0.143. The minimum Gasteiger partial charge on any atom is -0.379 e. The molecule has 0 heterocycles. The lowest BCUT2D eigenvalue weighted by Crippen LogP contribution is -2.07. The lowest BCUT2D eigenvalue weighted by Gasteiger charge is -2.11. The van der Waals surface area contributed by atoms with Crippen molar-refractivity contribution < 1.29 is 17.6 Å². The Hall–Kier alpha value is -1.75. The average Bonchev–Trinajstić information content (AvgIpc) is 2.39. The Morgan fingerprint density at radius 3 is 2.50 bits per heavy atom. The molecular weight excluding hydrogens is 294 g/mol. The van der Waals surface area contributed by atoms with Gasteiger partial charge in [0.05, 0.1) is 11.3 Å². The number of hydrogen-bond donors (Lipinski definition) is 1.